The van der Waals surface area contributed by atoms with Gasteiger partial charge >= 0.3 is 0 Å². The summed E-state index contributed by atoms with van der Waals surface area (Å²) in [6.45, 7) is 10.9. The number of thioether (sulfide) groups is 1. The molecule has 2 aliphatic rings. The minimum Gasteiger partial charge on any atom is -0.381 e. The van der Waals surface area contributed by atoms with Crippen LogP contribution in [0.1, 0.15) is 96.8 Å². The van der Waals surface area contributed by atoms with Gasteiger partial charge in [0.15, 0.2) is 0 Å². The minimum absolute atomic E-state index is 0.472. The number of hydrogen-bond acceptors (Lipinski definition) is 2. The Morgan fingerprint density at radius 1 is 1.12 bits per heavy atom. The summed E-state index contributed by atoms with van der Waals surface area (Å²) in [5, 5.41) is 3.69. The molecule has 0 spiro atoms. The third-order valence-corrected chi connectivity index (χ3v) is 7.12. The van der Waals surface area contributed by atoms with Crippen molar-refractivity contribution in [3.63, 3.8) is 0 Å². The molecule has 0 aromatic carbocycles. The molecule has 1 aliphatic carbocycles. The highest BCUT2D eigenvalue weighted by Crippen LogP contribution is 2.46. The minimum atomic E-state index is 0.472. The smallest absolute Gasteiger partial charge is 0.0571 e. The zero-order valence-electron chi connectivity index (χ0n) is 16.0. The van der Waals surface area contributed by atoms with Gasteiger partial charge in [0.2, 0.25) is 0 Å². The standard InChI is InChI=1S/C22H39NS/c1-4-5-6-7-8-9-10-14-22(15-11-12-16-22)18-19(2)23-21-13-17-24-20(21)3/h21,23H,2-18H2,1H3. The Labute approximate surface area is 155 Å². The highest BCUT2D eigenvalue weighted by atomic mass is 32.2. The zero-order chi connectivity index (χ0) is 17.3. The second kappa shape index (κ2) is 10.6. The Hall–Kier alpha value is -0.370. The number of allylic oxidation sites excluding steroid dienone is 1. The predicted octanol–water partition coefficient (Wildman–Crippen LogP) is 7.20. The first-order valence-corrected chi connectivity index (χ1v) is 11.4. The molecule has 138 valence electrons. The molecule has 1 saturated carbocycles. The maximum absolute atomic E-state index is 4.38. The fraction of sp³-hybridized carbons (Fsp3) is 0.818. The molecule has 0 amide bonds. The van der Waals surface area contributed by atoms with Crippen molar-refractivity contribution < 1.29 is 0 Å². The molecule has 0 bridgehead atoms. The van der Waals surface area contributed by atoms with Crippen molar-refractivity contribution in [2.24, 2.45) is 5.41 Å². The highest BCUT2D eigenvalue weighted by Gasteiger charge is 2.34. The number of rotatable bonds is 12. The van der Waals surface area contributed by atoms with Crippen molar-refractivity contribution >= 4 is 11.8 Å². The van der Waals surface area contributed by atoms with E-state index in [0.29, 0.717) is 11.5 Å². The SMILES string of the molecule is C=C(CC1(CCCCCCCCC)CCCC1)NC1CCSC1=C. The lowest BCUT2D eigenvalue weighted by Gasteiger charge is -2.31. The van der Waals surface area contributed by atoms with E-state index in [0.717, 1.165) is 0 Å². The van der Waals surface area contributed by atoms with E-state index in [1.165, 1.54) is 106 Å². The number of hydrogen-bond donors (Lipinski definition) is 1. The van der Waals surface area contributed by atoms with Crippen molar-refractivity contribution in [3.05, 3.63) is 23.8 Å². The van der Waals surface area contributed by atoms with Gasteiger partial charge in [0, 0.05) is 11.4 Å². The van der Waals surface area contributed by atoms with Gasteiger partial charge < -0.3 is 5.32 Å². The summed E-state index contributed by atoms with van der Waals surface area (Å²) >= 11 is 1.92. The second-order valence-electron chi connectivity index (χ2n) is 8.16. The fourth-order valence-corrected chi connectivity index (χ4v) is 5.56. The molecule has 0 aromatic heterocycles. The summed E-state index contributed by atoms with van der Waals surface area (Å²) in [6, 6.07) is 0.472. The van der Waals surface area contributed by atoms with Gasteiger partial charge in [0.25, 0.3) is 0 Å². The Bertz CT molecular complexity index is 395. The maximum Gasteiger partial charge on any atom is 0.0571 e. The Balaban J connectivity index is 1.69. The quantitative estimate of drug-likeness (QED) is 0.374. The van der Waals surface area contributed by atoms with Crippen molar-refractivity contribution in [2.75, 3.05) is 5.75 Å². The summed E-state index contributed by atoms with van der Waals surface area (Å²) in [5.74, 6) is 1.22. The lowest BCUT2D eigenvalue weighted by molar-refractivity contribution is 0.251. The van der Waals surface area contributed by atoms with Gasteiger partial charge in [-0.2, -0.15) is 0 Å². The summed E-state index contributed by atoms with van der Waals surface area (Å²) < 4.78 is 0. The Morgan fingerprint density at radius 2 is 1.79 bits per heavy atom. The largest absolute Gasteiger partial charge is 0.381 e. The van der Waals surface area contributed by atoms with Crippen LogP contribution in [0, 0.1) is 5.41 Å². The Morgan fingerprint density at radius 3 is 2.42 bits per heavy atom. The van der Waals surface area contributed by atoms with Gasteiger partial charge in [-0.1, -0.05) is 77.9 Å². The van der Waals surface area contributed by atoms with Crippen LogP contribution in [-0.4, -0.2) is 11.8 Å². The second-order valence-corrected chi connectivity index (χ2v) is 9.38. The lowest BCUT2D eigenvalue weighted by atomic mass is 9.77. The molecule has 2 fully saturated rings. The monoisotopic (exact) mass is 349 g/mol. The average Bonchev–Trinajstić information content (AvgIpc) is 3.17. The normalized spacial score (nSPS) is 22.9. The molecule has 1 nitrogen and oxygen atoms in total. The van der Waals surface area contributed by atoms with Crippen LogP contribution in [0.2, 0.25) is 0 Å². The van der Waals surface area contributed by atoms with E-state index in [2.05, 4.69) is 25.4 Å². The van der Waals surface area contributed by atoms with E-state index in [9.17, 15) is 0 Å². The first-order chi connectivity index (χ1) is 11.7. The van der Waals surface area contributed by atoms with E-state index in [-0.39, 0.29) is 0 Å². The summed E-state index contributed by atoms with van der Waals surface area (Å²) in [4.78, 5) is 1.31. The molecular formula is C22H39NS. The van der Waals surface area contributed by atoms with Gasteiger partial charge in [-0.15, -0.1) is 11.8 Å². The predicted molar refractivity (Wildman–Crippen MR) is 110 cm³/mol. The van der Waals surface area contributed by atoms with Crippen LogP contribution >= 0.6 is 11.8 Å². The third-order valence-electron chi connectivity index (χ3n) is 6.02. The van der Waals surface area contributed by atoms with Gasteiger partial charge in [-0.25, -0.2) is 0 Å². The third kappa shape index (κ3) is 6.50. The first-order valence-electron chi connectivity index (χ1n) is 10.4. The zero-order valence-corrected chi connectivity index (χ0v) is 16.8. The molecule has 1 heterocycles. The van der Waals surface area contributed by atoms with Crippen LogP contribution in [0.25, 0.3) is 0 Å². The summed E-state index contributed by atoms with van der Waals surface area (Å²) in [5.41, 5.74) is 1.83. The van der Waals surface area contributed by atoms with E-state index in [1.807, 2.05) is 11.8 Å². The molecule has 1 aliphatic heterocycles. The van der Waals surface area contributed by atoms with Crippen molar-refractivity contribution in [1.29, 1.82) is 0 Å². The number of unbranched alkanes of at least 4 members (excludes halogenated alkanes) is 6. The maximum atomic E-state index is 4.38. The molecule has 24 heavy (non-hydrogen) atoms. The first kappa shape index (κ1) is 19.9. The molecule has 0 radical (unpaired) electrons. The molecule has 2 rings (SSSR count). The van der Waals surface area contributed by atoms with E-state index in [1.54, 1.807) is 0 Å². The van der Waals surface area contributed by atoms with Gasteiger partial charge in [-0.3, -0.25) is 0 Å². The number of nitrogens with one attached hydrogen (secondary N) is 1. The molecule has 1 saturated heterocycles. The van der Waals surface area contributed by atoms with Crippen LogP contribution < -0.4 is 5.32 Å². The van der Waals surface area contributed by atoms with E-state index >= 15 is 0 Å². The molecule has 1 atom stereocenters. The molecule has 1 unspecified atom stereocenters. The lowest BCUT2D eigenvalue weighted by Crippen LogP contribution is -2.29. The molecule has 1 N–H and O–H groups in total. The van der Waals surface area contributed by atoms with Gasteiger partial charge in [0.1, 0.15) is 0 Å². The van der Waals surface area contributed by atoms with Crippen LogP contribution in [-0.2, 0) is 0 Å². The molecule has 0 aromatic rings. The summed E-state index contributed by atoms with van der Waals surface area (Å²) in [6.07, 6.45) is 19.5. The van der Waals surface area contributed by atoms with Crippen LogP contribution in [0.5, 0.6) is 0 Å². The van der Waals surface area contributed by atoms with E-state index < -0.39 is 0 Å². The van der Waals surface area contributed by atoms with Gasteiger partial charge in [-0.05, 0) is 42.4 Å². The van der Waals surface area contributed by atoms with Crippen LogP contribution in [0.4, 0.5) is 0 Å². The topological polar surface area (TPSA) is 12.0 Å². The molecular weight excluding hydrogens is 310 g/mol. The Kier molecular flexibility index (Phi) is 8.80. The highest BCUT2D eigenvalue weighted by molar-refractivity contribution is 8.03. The van der Waals surface area contributed by atoms with Crippen LogP contribution in [0.15, 0.2) is 23.8 Å². The van der Waals surface area contributed by atoms with Crippen molar-refractivity contribution in [2.45, 2.75) is 103 Å². The van der Waals surface area contributed by atoms with E-state index in [4.69, 9.17) is 0 Å². The van der Waals surface area contributed by atoms with Crippen molar-refractivity contribution in [1.82, 2.24) is 5.32 Å². The van der Waals surface area contributed by atoms with Gasteiger partial charge in [0.05, 0.1) is 6.04 Å². The molecule has 2 heteroatoms. The average molecular weight is 350 g/mol. The van der Waals surface area contributed by atoms with Crippen LogP contribution in [0.3, 0.4) is 0 Å². The summed E-state index contributed by atoms with van der Waals surface area (Å²) in [7, 11) is 0. The fourth-order valence-electron chi connectivity index (χ4n) is 4.57. The van der Waals surface area contributed by atoms with Crippen molar-refractivity contribution in [3.8, 4) is 0 Å².